The van der Waals surface area contributed by atoms with Gasteiger partial charge in [0.05, 0.1) is 12.2 Å². The Hall–Kier alpha value is -1.78. The molecule has 0 aromatic rings. The van der Waals surface area contributed by atoms with E-state index in [0.717, 1.165) is 24.0 Å². The molecule has 0 radical (unpaired) electrons. The summed E-state index contributed by atoms with van der Waals surface area (Å²) in [5, 5.41) is 0. The number of esters is 2. The standard InChI is InChI=1S/C18H24O5/c1-9-6-7-13-16(18(13,5)23-12(4)20)14-10(2)8-21-17(15(9)14)22-11(3)19/h8,13-17H,1,6-7H2,2-5H3. The smallest absolute Gasteiger partial charge is 0.305 e. The lowest BCUT2D eigenvalue weighted by Crippen LogP contribution is -2.40. The number of carbonyl (C=O) groups is 2. The summed E-state index contributed by atoms with van der Waals surface area (Å²) in [6.07, 6.45) is 2.79. The maximum Gasteiger partial charge on any atom is 0.305 e. The van der Waals surface area contributed by atoms with Crippen LogP contribution in [0, 0.1) is 23.7 Å². The van der Waals surface area contributed by atoms with Crippen LogP contribution in [-0.2, 0) is 23.8 Å². The summed E-state index contributed by atoms with van der Waals surface area (Å²) < 4.78 is 16.7. The van der Waals surface area contributed by atoms with Crippen molar-refractivity contribution in [3.63, 3.8) is 0 Å². The molecule has 0 aromatic heterocycles. The molecular formula is C18H24O5. The third kappa shape index (κ3) is 2.56. The summed E-state index contributed by atoms with van der Waals surface area (Å²) >= 11 is 0. The van der Waals surface area contributed by atoms with Crippen LogP contribution >= 0.6 is 0 Å². The van der Waals surface area contributed by atoms with Gasteiger partial charge >= 0.3 is 11.9 Å². The molecular weight excluding hydrogens is 296 g/mol. The number of carbonyl (C=O) groups excluding carboxylic acids is 2. The van der Waals surface area contributed by atoms with E-state index in [-0.39, 0.29) is 29.7 Å². The van der Waals surface area contributed by atoms with Crippen molar-refractivity contribution >= 4 is 11.9 Å². The summed E-state index contributed by atoms with van der Waals surface area (Å²) in [5.74, 6) is -0.0461. The van der Waals surface area contributed by atoms with E-state index in [1.165, 1.54) is 13.8 Å². The zero-order valence-corrected chi connectivity index (χ0v) is 14.1. The Morgan fingerprint density at radius 3 is 2.61 bits per heavy atom. The van der Waals surface area contributed by atoms with Gasteiger partial charge in [0.15, 0.2) is 0 Å². The minimum atomic E-state index is -0.644. The zero-order valence-electron chi connectivity index (χ0n) is 14.1. The third-order valence-corrected chi connectivity index (χ3v) is 5.60. The highest BCUT2D eigenvalue weighted by atomic mass is 16.7. The lowest BCUT2D eigenvalue weighted by molar-refractivity contribution is -0.181. The molecule has 126 valence electrons. The Morgan fingerprint density at radius 1 is 1.30 bits per heavy atom. The molecule has 23 heavy (non-hydrogen) atoms. The van der Waals surface area contributed by atoms with Gasteiger partial charge < -0.3 is 14.2 Å². The Balaban J connectivity index is 1.94. The number of rotatable bonds is 2. The Bertz CT molecular complexity index is 592. The molecule has 0 bridgehead atoms. The van der Waals surface area contributed by atoms with Crippen LogP contribution in [0.4, 0.5) is 0 Å². The second kappa shape index (κ2) is 5.39. The Labute approximate surface area is 136 Å². The highest BCUT2D eigenvalue weighted by Crippen LogP contribution is 2.66. The topological polar surface area (TPSA) is 61.8 Å². The van der Waals surface area contributed by atoms with Crippen molar-refractivity contribution in [1.29, 1.82) is 0 Å². The van der Waals surface area contributed by atoms with Gasteiger partial charge in [0.1, 0.15) is 5.60 Å². The molecule has 6 atom stereocenters. The van der Waals surface area contributed by atoms with E-state index < -0.39 is 11.9 Å². The van der Waals surface area contributed by atoms with Crippen LogP contribution in [0.3, 0.4) is 0 Å². The number of hydrogen-bond acceptors (Lipinski definition) is 5. The molecule has 1 heterocycles. The van der Waals surface area contributed by atoms with Gasteiger partial charge in [-0.05, 0) is 32.3 Å². The van der Waals surface area contributed by atoms with Crippen LogP contribution in [0.5, 0.6) is 0 Å². The van der Waals surface area contributed by atoms with Crippen molar-refractivity contribution in [3.8, 4) is 0 Å². The predicted molar refractivity (Wildman–Crippen MR) is 82.9 cm³/mol. The van der Waals surface area contributed by atoms with E-state index in [0.29, 0.717) is 5.92 Å². The van der Waals surface area contributed by atoms with Crippen LogP contribution in [0.25, 0.3) is 0 Å². The molecule has 0 N–H and O–H groups in total. The summed E-state index contributed by atoms with van der Waals surface area (Å²) in [7, 11) is 0. The largest absolute Gasteiger partial charge is 0.462 e. The van der Waals surface area contributed by atoms with Crippen molar-refractivity contribution < 1.29 is 23.8 Å². The molecule has 5 heteroatoms. The second-order valence-corrected chi connectivity index (χ2v) is 7.13. The lowest BCUT2D eigenvalue weighted by atomic mass is 9.76. The first kappa shape index (κ1) is 16.1. The summed E-state index contributed by atoms with van der Waals surface area (Å²) in [5.41, 5.74) is 1.70. The molecule has 0 spiro atoms. The highest BCUT2D eigenvalue weighted by Gasteiger charge is 2.70. The van der Waals surface area contributed by atoms with Crippen molar-refractivity contribution in [2.45, 2.75) is 52.4 Å². The van der Waals surface area contributed by atoms with Gasteiger partial charge in [0.25, 0.3) is 0 Å². The third-order valence-electron chi connectivity index (χ3n) is 5.60. The van der Waals surface area contributed by atoms with Crippen LogP contribution in [0.15, 0.2) is 24.0 Å². The SMILES string of the molecule is C=C1CCC2C(C3C(C)=COC(OC(C)=O)C13)C2(C)OC(C)=O. The minimum absolute atomic E-state index is 0.0868. The fraction of sp³-hybridized carbons (Fsp3) is 0.667. The van der Waals surface area contributed by atoms with Crippen LogP contribution in [-0.4, -0.2) is 23.8 Å². The van der Waals surface area contributed by atoms with Crippen LogP contribution in [0.2, 0.25) is 0 Å². The quantitative estimate of drug-likeness (QED) is 0.578. The summed E-state index contributed by atoms with van der Waals surface area (Å²) in [6, 6.07) is 0. The fourth-order valence-corrected chi connectivity index (χ4v) is 4.65. The van der Waals surface area contributed by atoms with Crippen molar-refractivity contribution in [1.82, 2.24) is 0 Å². The zero-order chi connectivity index (χ0) is 16.9. The van der Waals surface area contributed by atoms with E-state index in [2.05, 4.69) is 6.58 Å². The summed E-state index contributed by atoms with van der Waals surface area (Å²) in [6.45, 7) is 11.1. The molecule has 2 saturated carbocycles. The summed E-state index contributed by atoms with van der Waals surface area (Å²) in [4.78, 5) is 22.9. The van der Waals surface area contributed by atoms with Gasteiger partial charge in [0, 0.05) is 31.6 Å². The van der Waals surface area contributed by atoms with Crippen molar-refractivity contribution in [2.75, 3.05) is 0 Å². The maximum atomic E-state index is 11.5. The number of ether oxygens (including phenoxy) is 3. The van der Waals surface area contributed by atoms with Gasteiger partial charge in [-0.15, -0.1) is 0 Å². The van der Waals surface area contributed by atoms with E-state index in [4.69, 9.17) is 14.2 Å². The number of hydrogen-bond donors (Lipinski definition) is 0. The second-order valence-electron chi connectivity index (χ2n) is 7.13. The van der Waals surface area contributed by atoms with Gasteiger partial charge in [-0.3, -0.25) is 9.59 Å². The van der Waals surface area contributed by atoms with Crippen LogP contribution < -0.4 is 0 Å². The average Bonchev–Trinajstić information content (AvgIpc) is 3.03. The van der Waals surface area contributed by atoms with E-state index in [9.17, 15) is 9.59 Å². The predicted octanol–water partition coefficient (Wildman–Crippen LogP) is 2.96. The maximum absolute atomic E-state index is 11.5. The first-order valence-electron chi connectivity index (χ1n) is 8.12. The average molecular weight is 320 g/mol. The van der Waals surface area contributed by atoms with Gasteiger partial charge in [0.2, 0.25) is 6.29 Å². The monoisotopic (exact) mass is 320 g/mol. The highest BCUT2D eigenvalue weighted by molar-refractivity contribution is 5.67. The molecule has 0 amide bonds. The lowest BCUT2D eigenvalue weighted by Gasteiger charge is -2.38. The first-order chi connectivity index (χ1) is 10.8. The normalized spacial score (nSPS) is 41.5. The van der Waals surface area contributed by atoms with Gasteiger partial charge in [-0.1, -0.05) is 12.2 Å². The molecule has 2 aliphatic carbocycles. The van der Waals surface area contributed by atoms with Crippen LogP contribution in [0.1, 0.15) is 40.5 Å². The molecule has 2 fully saturated rings. The number of allylic oxidation sites excluding steroid dienone is 1. The minimum Gasteiger partial charge on any atom is -0.462 e. The molecule has 0 saturated heterocycles. The van der Waals surface area contributed by atoms with Crippen molar-refractivity contribution in [3.05, 3.63) is 24.0 Å². The Morgan fingerprint density at radius 2 is 2.00 bits per heavy atom. The molecule has 3 rings (SSSR count). The molecule has 3 aliphatic rings. The van der Waals surface area contributed by atoms with E-state index in [1.54, 1.807) is 6.26 Å². The van der Waals surface area contributed by atoms with E-state index in [1.807, 2.05) is 13.8 Å². The fourth-order valence-electron chi connectivity index (χ4n) is 4.65. The molecule has 1 aliphatic heterocycles. The number of fused-ring (bicyclic) bond motifs is 3. The molecule has 0 aromatic carbocycles. The Kier molecular flexibility index (Phi) is 3.77. The first-order valence-corrected chi connectivity index (χ1v) is 8.12. The molecule has 6 unspecified atom stereocenters. The molecule has 5 nitrogen and oxygen atoms in total. The van der Waals surface area contributed by atoms with Gasteiger partial charge in [-0.25, -0.2) is 0 Å². The van der Waals surface area contributed by atoms with E-state index >= 15 is 0 Å². The van der Waals surface area contributed by atoms with Crippen molar-refractivity contribution in [2.24, 2.45) is 23.7 Å². The van der Waals surface area contributed by atoms with Gasteiger partial charge in [-0.2, -0.15) is 0 Å².